The van der Waals surface area contributed by atoms with Crippen molar-refractivity contribution in [3.05, 3.63) is 52.9 Å². The second-order valence-electron chi connectivity index (χ2n) is 9.69. The van der Waals surface area contributed by atoms with Crippen molar-refractivity contribution in [1.82, 2.24) is 31.2 Å². The van der Waals surface area contributed by atoms with Crippen LogP contribution in [-0.4, -0.2) is 45.5 Å². The summed E-state index contributed by atoms with van der Waals surface area (Å²) in [5.74, 6) is 0.831. The molecule has 1 amide bonds. The number of hydrogen-bond donors (Lipinski definition) is 3. The number of carbonyl (C=O) groups is 1. The maximum Gasteiger partial charge on any atom is 0.217 e. The van der Waals surface area contributed by atoms with E-state index in [2.05, 4.69) is 27.0 Å². The van der Waals surface area contributed by atoms with E-state index in [0.717, 1.165) is 43.9 Å². The van der Waals surface area contributed by atoms with Crippen LogP contribution in [0.25, 0.3) is 0 Å². The topological polar surface area (TPSA) is 97.2 Å². The van der Waals surface area contributed by atoms with Gasteiger partial charge in [-0.1, -0.05) is 12.1 Å². The van der Waals surface area contributed by atoms with Crippen LogP contribution in [0.1, 0.15) is 73.9 Å². The molecule has 4 heterocycles. The van der Waals surface area contributed by atoms with Crippen molar-refractivity contribution >= 4 is 5.91 Å². The van der Waals surface area contributed by atoms with E-state index in [1.54, 1.807) is 12.1 Å². The summed E-state index contributed by atoms with van der Waals surface area (Å²) in [5.41, 5.74) is 3.52. The van der Waals surface area contributed by atoms with Crippen LogP contribution in [-0.2, 0) is 17.8 Å². The van der Waals surface area contributed by atoms with Gasteiger partial charge in [-0.25, -0.2) is 9.37 Å². The highest BCUT2D eigenvalue weighted by Gasteiger charge is 2.42. The third-order valence-electron chi connectivity index (χ3n) is 7.63. The lowest BCUT2D eigenvalue weighted by atomic mass is 9.95. The number of hydrogen-bond acceptors (Lipinski definition) is 5. The Kier molecular flexibility index (Phi) is 7.16. The van der Waals surface area contributed by atoms with Crippen LogP contribution in [0.3, 0.4) is 0 Å². The summed E-state index contributed by atoms with van der Waals surface area (Å²) in [6, 6.07) is 8.14. The molecule has 3 aliphatic heterocycles. The molecule has 1 aromatic carbocycles. The maximum absolute atomic E-state index is 13.8. The fourth-order valence-electron chi connectivity index (χ4n) is 6.34. The fourth-order valence-corrected chi connectivity index (χ4v) is 6.34. The molecule has 180 valence electrons. The van der Waals surface area contributed by atoms with E-state index in [1.165, 1.54) is 50.1 Å². The minimum absolute atomic E-state index is 0. The van der Waals surface area contributed by atoms with Gasteiger partial charge in [-0.15, -0.1) is 0 Å². The highest BCUT2D eigenvalue weighted by atomic mass is 19.1. The van der Waals surface area contributed by atoms with Gasteiger partial charge in [0.1, 0.15) is 11.6 Å². The summed E-state index contributed by atoms with van der Waals surface area (Å²) in [7, 11) is 0. The van der Waals surface area contributed by atoms with E-state index in [0.29, 0.717) is 18.1 Å². The van der Waals surface area contributed by atoms with Gasteiger partial charge in [0.2, 0.25) is 5.91 Å². The van der Waals surface area contributed by atoms with Gasteiger partial charge < -0.3 is 21.4 Å². The Morgan fingerprint density at radius 1 is 1.27 bits per heavy atom. The predicted molar refractivity (Wildman–Crippen MR) is 127 cm³/mol. The Bertz CT molecular complexity index is 977. The van der Waals surface area contributed by atoms with Gasteiger partial charge in [-0.05, 0) is 56.7 Å². The molecule has 5 N–H and O–H groups in total. The average Bonchev–Trinajstić information content (AvgIpc) is 3.22. The van der Waals surface area contributed by atoms with Crippen molar-refractivity contribution in [2.45, 2.75) is 83.1 Å². The van der Waals surface area contributed by atoms with E-state index in [1.807, 2.05) is 6.07 Å². The number of nitrogens with zero attached hydrogens (tertiary/aromatic N) is 3. The van der Waals surface area contributed by atoms with Crippen molar-refractivity contribution in [3.63, 3.8) is 0 Å². The van der Waals surface area contributed by atoms with E-state index in [-0.39, 0.29) is 23.9 Å². The van der Waals surface area contributed by atoms with Crippen LogP contribution in [0.2, 0.25) is 0 Å². The third kappa shape index (κ3) is 4.83. The summed E-state index contributed by atoms with van der Waals surface area (Å²) in [4.78, 5) is 19.3. The second-order valence-corrected chi connectivity index (χ2v) is 9.69. The summed E-state index contributed by atoms with van der Waals surface area (Å²) >= 11 is 0. The van der Waals surface area contributed by atoms with Crippen LogP contribution < -0.4 is 16.8 Å². The van der Waals surface area contributed by atoms with Crippen LogP contribution in [0.5, 0.6) is 0 Å². The smallest absolute Gasteiger partial charge is 0.217 e. The first-order chi connectivity index (χ1) is 15.5. The number of benzene rings is 1. The molecule has 2 bridgehead atoms. The third-order valence-corrected chi connectivity index (χ3v) is 7.63. The number of rotatable bonds is 6. The van der Waals surface area contributed by atoms with Gasteiger partial charge in [-0.3, -0.25) is 9.69 Å². The minimum atomic E-state index is -0.257. The summed E-state index contributed by atoms with van der Waals surface area (Å²) in [6.45, 7) is 6.54. The van der Waals surface area contributed by atoms with E-state index in [4.69, 9.17) is 4.98 Å². The SMILES string of the molecule is CC(=O)N[C@@H](CCN1[C@@H]2CC[C@H]1CC(n1c(C)nc3c1CCNC3)C2)c1cccc(F)c1.N. The Labute approximate surface area is 195 Å². The molecular weight excluding hydrogens is 419 g/mol. The molecule has 0 aliphatic carbocycles. The quantitative estimate of drug-likeness (QED) is 0.617. The molecule has 2 aromatic rings. The molecule has 2 fully saturated rings. The van der Waals surface area contributed by atoms with Gasteiger partial charge >= 0.3 is 0 Å². The zero-order valence-electron chi connectivity index (χ0n) is 19.8. The van der Waals surface area contributed by atoms with Gasteiger partial charge in [0.05, 0.1) is 11.7 Å². The van der Waals surface area contributed by atoms with Crippen LogP contribution in [0, 0.1) is 12.7 Å². The molecule has 33 heavy (non-hydrogen) atoms. The molecule has 5 rings (SSSR count). The van der Waals surface area contributed by atoms with Gasteiger partial charge in [-0.2, -0.15) is 0 Å². The molecular formula is C25H37FN6O. The van der Waals surface area contributed by atoms with Crippen molar-refractivity contribution in [1.29, 1.82) is 0 Å². The Balaban J connectivity index is 0.00000259. The summed E-state index contributed by atoms with van der Waals surface area (Å²) in [5, 5.41) is 6.48. The number of amides is 1. The molecule has 0 saturated carbocycles. The zero-order chi connectivity index (χ0) is 22.2. The first-order valence-corrected chi connectivity index (χ1v) is 12.0. The lowest BCUT2D eigenvalue weighted by Gasteiger charge is -2.41. The highest BCUT2D eigenvalue weighted by Crippen LogP contribution is 2.42. The lowest BCUT2D eigenvalue weighted by molar-refractivity contribution is -0.119. The standard InChI is InChI=1S/C25H34FN5O.H3N/c1-16-28-24-15-27-10-8-25(24)31(16)22-13-20-6-7-21(14-22)30(20)11-9-23(29-17(2)32)18-4-3-5-19(26)12-18;/h3-5,12,20-23,27H,6-11,13-15H2,1-2H3,(H,29,32);1H3/t20-,21+,22?,23-;/m0./s1. The number of aryl methyl sites for hydroxylation is 1. The molecule has 1 aromatic heterocycles. The molecule has 0 spiro atoms. The van der Waals surface area contributed by atoms with Crippen molar-refractivity contribution in [2.24, 2.45) is 0 Å². The number of halogens is 1. The Morgan fingerprint density at radius 2 is 2.03 bits per heavy atom. The molecule has 0 radical (unpaired) electrons. The summed E-state index contributed by atoms with van der Waals surface area (Å²) in [6.07, 6.45) is 6.67. The van der Waals surface area contributed by atoms with E-state index >= 15 is 0 Å². The number of aromatic nitrogens is 2. The number of fused-ring (bicyclic) bond motifs is 3. The molecule has 8 heteroatoms. The fraction of sp³-hybridized carbons (Fsp3) is 0.600. The van der Waals surface area contributed by atoms with Crippen molar-refractivity contribution in [2.75, 3.05) is 13.1 Å². The van der Waals surface area contributed by atoms with E-state index in [9.17, 15) is 9.18 Å². The number of imidazole rings is 1. The average molecular weight is 457 g/mol. The molecule has 7 nitrogen and oxygen atoms in total. The normalized spacial score (nSPS) is 25.2. The minimum Gasteiger partial charge on any atom is -0.349 e. The zero-order valence-corrected chi connectivity index (χ0v) is 19.8. The number of piperidine rings is 1. The van der Waals surface area contributed by atoms with Gasteiger partial charge in [0, 0.05) is 56.8 Å². The lowest BCUT2D eigenvalue weighted by Crippen LogP contribution is -2.45. The monoisotopic (exact) mass is 456 g/mol. The maximum atomic E-state index is 13.8. The number of carbonyl (C=O) groups excluding carboxylic acids is 1. The predicted octanol–water partition coefficient (Wildman–Crippen LogP) is 3.57. The molecule has 3 aliphatic rings. The van der Waals surface area contributed by atoms with Gasteiger partial charge in [0.15, 0.2) is 0 Å². The Morgan fingerprint density at radius 3 is 2.73 bits per heavy atom. The Hall–Kier alpha value is -2.29. The molecule has 1 unspecified atom stereocenters. The van der Waals surface area contributed by atoms with Crippen LogP contribution in [0.15, 0.2) is 24.3 Å². The summed E-state index contributed by atoms with van der Waals surface area (Å²) < 4.78 is 16.3. The second kappa shape index (κ2) is 9.91. The van der Waals surface area contributed by atoms with Gasteiger partial charge in [0.25, 0.3) is 0 Å². The molecule has 4 atom stereocenters. The first kappa shape index (κ1) is 23.9. The van der Waals surface area contributed by atoms with E-state index < -0.39 is 0 Å². The van der Waals surface area contributed by atoms with Crippen molar-refractivity contribution < 1.29 is 9.18 Å². The first-order valence-electron chi connectivity index (χ1n) is 12.0. The van der Waals surface area contributed by atoms with Crippen molar-refractivity contribution in [3.8, 4) is 0 Å². The number of nitrogens with one attached hydrogen (secondary N) is 2. The van der Waals surface area contributed by atoms with Crippen LogP contribution >= 0.6 is 0 Å². The highest BCUT2D eigenvalue weighted by molar-refractivity contribution is 5.73. The molecule has 2 saturated heterocycles. The van der Waals surface area contributed by atoms with Crippen LogP contribution in [0.4, 0.5) is 4.39 Å². The largest absolute Gasteiger partial charge is 0.349 e.